The molecule has 0 spiro atoms. The smallest absolute Gasteiger partial charge is 0.231 e. The Hall–Kier alpha value is -1.62. The van der Waals surface area contributed by atoms with Gasteiger partial charge in [-0.1, -0.05) is 19.0 Å². The minimum atomic E-state index is 0.105. The van der Waals surface area contributed by atoms with Gasteiger partial charge in [-0.15, -0.1) is 0 Å². The van der Waals surface area contributed by atoms with E-state index >= 15 is 0 Å². The first-order valence-corrected chi connectivity index (χ1v) is 5.28. The first kappa shape index (κ1) is 10.9. The van der Waals surface area contributed by atoms with Gasteiger partial charge in [0.1, 0.15) is 6.26 Å². The van der Waals surface area contributed by atoms with Gasteiger partial charge < -0.3 is 14.7 Å². The molecule has 0 aliphatic carbocycles. The maximum atomic E-state index is 5.69. The average Bonchev–Trinajstić information content (AvgIpc) is 2.86. The predicted molar refractivity (Wildman–Crippen MR) is 58.6 cm³/mol. The summed E-state index contributed by atoms with van der Waals surface area (Å²) >= 11 is 0. The Morgan fingerprint density at radius 3 is 2.81 bits per heavy atom. The van der Waals surface area contributed by atoms with E-state index in [1.807, 2.05) is 0 Å². The summed E-state index contributed by atoms with van der Waals surface area (Å²) in [5.74, 6) is 1.62. The fourth-order valence-electron chi connectivity index (χ4n) is 1.55. The van der Waals surface area contributed by atoms with Crippen LogP contribution in [0, 0.1) is 5.92 Å². The lowest BCUT2D eigenvalue weighted by Crippen LogP contribution is -2.18. The predicted octanol–water partition coefficient (Wildman–Crippen LogP) is 2.03. The first-order chi connectivity index (χ1) is 7.72. The van der Waals surface area contributed by atoms with Gasteiger partial charge in [-0.3, -0.25) is 0 Å². The van der Waals surface area contributed by atoms with E-state index in [1.54, 1.807) is 18.6 Å². The van der Waals surface area contributed by atoms with Crippen LogP contribution in [-0.2, 0) is 0 Å². The van der Waals surface area contributed by atoms with Gasteiger partial charge in [-0.2, -0.15) is 4.98 Å². The van der Waals surface area contributed by atoms with Crippen molar-refractivity contribution in [1.29, 1.82) is 0 Å². The van der Waals surface area contributed by atoms with Crippen LogP contribution in [0.3, 0.4) is 0 Å². The summed E-state index contributed by atoms with van der Waals surface area (Å²) in [6.07, 6.45) is 3.16. The van der Waals surface area contributed by atoms with Gasteiger partial charge in [0.25, 0.3) is 0 Å². The van der Waals surface area contributed by atoms with Crippen LogP contribution in [0.2, 0.25) is 0 Å². The van der Waals surface area contributed by atoms with Gasteiger partial charge in [0.05, 0.1) is 17.7 Å². The van der Waals surface area contributed by atoms with Crippen molar-refractivity contribution >= 4 is 0 Å². The van der Waals surface area contributed by atoms with Crippen molar-refractivity contribution in [3.05, 3.63) is 24.5 Å². The average molecular weight is 221 g/mol. The zero-order chi connectivity index (χ0) is 11.5. The fourth-order valence-corrected chi connectivity index (χ4v) is 1.55. The molecule has 0 aliphatic rings. The Kier molecular flexibility index (Phi) is 3.05. The molecule has 0 aliphatic heterocycles. The Morgan fingerprint density at radius 1 is 1.44 bits per heavy atom. The van der Waals surface area contributed by atoms with Crippen LogP contribution < -0.4 is 5.73 Å². The highest BCUT2D eigenvalue weighted by Gasteiger charge is 2.21. The Labute approximate surface area is 93.6 Å². The molecule has 5 heteroatoms. The number of aromatic nitrogens is 2. The second-order valence-corrected chi connectivity index (χ2v) is 4.05. The molecule has 2 rings (SSSR count). The number of hydrogen-bond donors (Lipinski definition) is 1. The number of rotatable bonds is 4. The summed E-state index contributed by atoms with van der Waals surface area (Å²) in [7, 11) is 0. The molecule has 16 heavy (non-hydrogen) atoms. The molecule has 0 saturated heterocycles. The molecule has 2 aromatic rings. The molecule has 0 aromatic carbocycles. The van der Waals surface area contributed by atoms with Gasteiger partial charge >= 0.3 is 0 Å². The van der Waals surface area contributed by atoms with E-state index in [4.69, 9.17) is 14.7 Å². The van der Waals surface area contributed by atoms with Gasteiger partial charge in [-0.25, -0.2) is 0 Å². The normalized spacial score (nSPS) is 13.2. The summed E-state index contributed by atoms with van der Waals surface area (Å²) in [6, 6.07) is 1.79. The monoisotopic (exact) mass is 221 g/mol. The maximum Gasteiger partial charge on any atom is 0.231 e. The third-order valence-corrected chi connectivity index (χ3v) is 2.60. The number of furan rings is 1. The highest BCUT2D eigenvalue weighted by Crippen LogP contribution is 2.24. The van der Waals surface area contributed by atoms with Crippen LogP contribution in [0.4, 0.5) is 0 Å². The lowest BCUT2D eigenvalue weighted by molar-refractivity contribution is 0.324. The van der Waals surface area contributed by atoms with Crippen molar-refractivity contribution in [1.82, 2.24) is 10.1 Å². The van der Waals surface area contributed by atoms with Crippen molar-refractivity contribution < 1.29 is 8.94 Å². The molecule has 1 unspecified atom stereocenters. The highest BCUT2D eigenvalue weighted by atomic mass is 16.5. The fraction of sp³-hybridized carbons (Fsp3) is 0.455. The summed E-state index contributed by atoms with van der Waals surface area (Å²) in [5, 5.41) is 3.91. The van der Waals surface area contributed by atoms with Crippen molar-refractivity contribution in [2.24, 2.45) is 11.7 Å². The molecule has 0 amide bonds. The lowest BCUT2D eigenvalue weighted by atomic mass is 9.96. The van der Waals surface area contributed by atoms with E-state index in [0.29, 0.717) is 24.2 Å². The quantitative estimate of drug-likeness (QED) is 0.854. The molecular weight excluding hydrogens is 206 g/mol. The summed E-state index contributed by atoms with van der Waals surface area (Å²) in [6.45, 7) is 4.67. The molecule has 86 valence electrons. The van der Waals surface area contributed by atoms with Crippen LogP contribution in [0.15, 0.2) is 27.5 Å². The van der Waals surface area contributed by atoms with Crippen LogP contribution in [0.5, 0.6) is 0 Å². The molecule has 0 saturated carbocycles. The molecule has 5 nitrogen and oxygen atoms in total. The third kappa shape index (κ3) is 1.99. The molecule has 1 atom stereocenters. The van der Waals surface area contributed by atoms with Gasteiger partial charge in [-0.05, 0) is 12.0 Å². The van der Waals surface area contributed by atoms with Gasteiger partial charge in [0.15, 0.2) is 0 Å². The first-order valence-electron chi connectivity index (χ1n) is 5.28. The zero-order valence-electron chi connectivity index (χ0n) is 9.38. The number of hydrogen-bond acceptors (Lipinski definition) is 5. The molecule has 2 aromatic heterocycles. The summed E-state index contributed by atoms with van der Waals surface area (Å²) in [5.41, 5.74) is 6.50. The van der Waals surface area contributed by atoms with Crippen LogP contribution in [-0.4, -0.2) is 16.7 Å². The molecular formula is C11H15N3O2. The SMILES string of the molecule is CC(C)C(CN)c1nc(-c2ccoc2)no1. The van der Waals surface area contributed by atoms with Crippen LogP contribution in [0.1, 0.15) is 25.7 Å². The largest absolute Gasteiger partial charge is 0.472 e. The van der Waals surface area contributed by atoms with E-state index in [2.05, 4.69) is 24.0 Å². The minimum absolute atomic E-state index is 0.105. The molecule has 0 radical (unpaired) electrons. The zero-order valence-corrected chi connectivity index (χ0v) is 9.38. The number of nitrogens with zero attached hydrogens (tertiary/aromatic N) is 2. The summed E-state index contributed by atoms with van der Waals surface area (Å²) in [4.78, 5) is 4.33. The van der Waals surface area contributed by atoms with Crippen molar-refractivity contribution in [3.63, 3.8) is 0 Å². The van der Waals surface area contributed by atoms with Crippen molar-refractivity contribution in [3.8, 4) is 11.4 Å². The second kappa shape index (κ2) is 4.49. The Bertz CT molecular complexity index is 434. The second-order valence-electron chi connectivity index (χ2n) is 4.05. The van der Waals surface area contributed by atoms with E-state index < -0.39 is 0 Å². The van der Waals surface area contributed by atoms with E-state index in [-0.39, 0.29) is 5.92 Å². The molecule has 0 fully saturated rings. The minimum Gasteiger partial charge on any atom is -0.472 e. The Balaban J connectivity index is 2.25. The van der Waals surface area contributed by atoms with Gasteiger partial charge in [0, 0.05) is 6.54 Å². The Morgan fingerprint density at radius 2 is 2.25 bits per heavy atom. The number of nitrogens with two attached hydrogens (primary N) is 1. The van der Waals surface area contributed by atoms with Crippen molar-refractivity contribution in [2.75, 3.05) is 6.54 Å². The van der Waals surface area contributed by atoms with E-state index in [9.17, 15) is 0 Å². The standard InChI is InChI=1S/C11H15N3O2/c1-7(2)9(5-12)11-13-10(14-16-11)8-3-4-15-6-8/h3-4,6-7,9H,5,12H2,1-2H3. The molecule has 2 heterocycles. The van der Waals surface area contributed by atoms with E-state index in [0.717, 1.165) is 5.56 Å². The maximum absolute atomic E-state index is 5.69. The van der Waals surface area contributed by atoms with E-state index in [1.165, 1.54) is 0 Å². The van der Waals surface area contributed by atoms with Gasteiger partial charge in [0.2, 0.25) is 11.7 Å². The van der Waals surface area contributed by atoms with Crippen LogP contribution in [0.25, 0.3) is 11.4 Å². The highest BCUT2D eigenvalue weighted by molar-refractivity contribution is 5.51. The third-order valence-electron chi connectivity index (χ3n) is 2.60. The lowest BCUT2D eigenvalue weighted by Gasteiger charge is -2.13. The summed E-state index contributed by atoms with van der Waals surface area (Å²) < 4.78 is 10.2. The van der Waals surface area contributed by atoms with Crippen LogP contribution >= 0.6 is 0 Å². The molecule has 0 bridgehead atoms. The molecule has 2 N–H and O–H groups in total. The topological polar surface area (TPSA) is 78.1 Å². The van der Waals surface area contributed by atoms with Crippen molar-refractivity contribution in [2.45, 2.75) is 19.8 Å².